The van der Waals surface area contributed by atoms with Gasteiger partial charge in [-0.05, 0) is 30.5 Å². The Balaban J connectivity index is 1.56. The summed E-state index contributed by atoms with van der Waals surface area (Å²) in [6.07, 6.45) is 10.2. The summed E-state index contributed by atoms with van der Waals surface area (Å²) in [5.74, 6) is 1.79. The van der Waals surface area contributed by atoms with Crippen molar-refractivity contribution in [3.63, 3.8) is 0 Å². The van der Waals surface area contributed by atoms with Gasteiger partial charge in [-0.1, -0.05) is 0 Å². The highest BCUT2D eigenvalue weighted by atomic mass is 15.1. The molecular formula is C14H18N4. The molecule has 2 aromatic rings. The Morgan fingerprint density at radius 1 is 1.28 bits per heavy atom. The second kappa shape index (κ2) is 5.31. The van der Waals surface area contributed by atoms with Gasteiger partial charge in [-0.15, -0.1) is 0 Å². The van der Waals surface area contributed by atoms with Crippen LogP contribution in [0.1, 0.15) is 30.1 Å². The fraction of sp³-hybridized carbons (Fsp3) is 0.429. The van der Waals surface area contributed by atoms with E-state index < -0.39 is 0 Å². The number of hydrogen-bond donors (Lipinski definition) is 1. The number of nitrogens with one attached hydrogen (secondary N) is 1. The number of hydrogen-bond acceptors (Lipinski definition) is 3. The highest BCUT2D eigenvalue weighted by Crippen LogP contribution is 2.24. The molecule has 0 bridgehead atoms. The van der Waals surface area contributed by atoms with Gasteiger partial charge < -0.3 is 9.88 Å². The number of rotatable bonds is 4. The molecule has 18 heavy (non-hydrogen) atoms. The second-order valence-electron chi connectivity index (χ2n) is 4.80. The van der Waals surface area contributed by atoms with Gasteiger partial charge in [-0.2, -0.15) is 0 Å². The highest BCUT2D eigenvalue weighted by molar-refractivity contribution is 5.10. The minimum atomic E-state index is 0.551. The Hall–Kier alpha value is -1.68. The zero-order valence-corrected chi connectivity index (χ0v) is 10.4. The van der Waals surface area contributed by atoms with E-state index in [1.54, 1.807) is 0 Å². The number of aryl methyl sites for hydroxylation is 1. The lowest BCUT2D eigenvalue weighted by atomic mass is 9.99. The van der Waals surface area contributed by atoms with Gasteiger partial charge in [0.15, 0.2) is 0 Å². The van der Waals surface area contributed by atoms with Gasteiger partial charge in [0.25, 0.3) is 0 Å². The van der Waals surface area contributed by atoms with Crippen molar-refractivity contribution < 1.29 is 0 Å². The molecule has 1 aliphatic rings. The third-order valence-electron chi connectivity index (χ3n) is 3.53. The molecule has 3 rings (SSSR count). The van der Waals surface area contributed by atoms with Crippen LogP contribution in [0.2, 0.25) is 0 Å². The van der Waals surface area contributed by atoms with E-state index in [4.69, 9.17) is 0 Å². The summed E-state index contributed by atoms with van der Waals surface area (Å²) in [4.78, 5) is 8.50. The minimum absolute atomic E-state index is 0.551. The number of imidazole rings is 1. The maximum atomic E-state index is 4.48. The third kappa shape index (κ3) is 2.43. The van der Waals surface area contributed by atoms with E-state index in [2.05, 4.69) is 38.2 Å². The minimum Gasteiger partial charge on any atom is -0.335 e. The smallest absolute Gasteiger partial charge is 0.113 e. The third-order valence-corrected chi connectivity index (χ3v) is 3.53. The fourth-order valence-corrected chi connectivity index (χ4v) is 2.59. The molecular weight excluding hydrogens is 224 g/mol. The molecule has 0 amide bonds. The Kier molecular flexibility index (Phi) is 3.37. The normalized spacial score (nSPS) is 18.6. The second-order valence-corrected chi connectivity index (χ2v) is 4.80. The summed E-state index contributed by atoms with van der Waals surface area (Å²) in [5, 5.41) is 3.52. The molecule has 3 heterocycles. The molecule has 0 aliphatic carbocycles. The van der Waals surface area contributed by atoms with Crippen molar-refractivity contribution >= 4 is 0 Å². The van der Waals surface area contributed by atoms with Crippen molar-refractivity contribution in [2.75, 3.05) is 6.54 Å². The summed E-state index contributed by atoms with van der Waals surface area (Å²) in [5.41, 5.74) is 1.28. The summed E-state index contributed by atoms with van der Waals surface area (Å²) < 4.78 is 2.28. The van der Waals surface area contributed by atoms with E-state index >= 15 is 0 Å². The topological polar surface area (TPSA) is 42.7 Å². The largest absolute Gasteiger partial charge is 0.335 e. The Morgan fingerprint density at radius 3 is 3.06 bits per heavy atom. The first-order chi connectivity index (χ1) is 8.93. The van der Waals surface area contributed by atoms with Gasteiger partial charge in [0.2, 0.25) is 0 Å². The Morgan fingerprint density at radius 2 is 2.17 bits per heavy atom. The van der Waals surface area contributed by atoms with E-state index in [9.17, 15) is 0 Å². The predicted octanol–water partition coefficient (Wildman–Crippen LogP) is 1.95. The first-order valence-corrected chi connectivity index (χ1v) is 6.54. The van der Waals surface area contributed by atoms with Crippen LogP contribution in [-0.2, 0) is 13.1 Å². The van der Waals surface area contributed by atoms with Crippen molar-refractivity contribution in [1.29, 1.82) is 0 Å². The van der Waals surface area contributed by atoms with E-state index in [1.807, 2.05) is 18.6 Å². The molecule has 0 saturated carbocycles. The lowest BCUT2D eigenvalue weighted by Gasteiger charge is -2.23. The van der Waals surface area contributed by atoms with Gasteiger partial charge in [0, 0.05) is 50.3 Å². The van der Waals surface area contributed by atoms with Crippen LogP contribution in [0, 0.1) is 0 Å². The van der Waals surface area contributed by atoms with E-state index in [-0.39, 0.29) is 0 Å². The first kappa shape index (κ1) is 11.4. The summed E-state index contributed by atoms with van der Waals surface area (Å²) >= 11 is 0. The Labute approximate surface area is 107 Å². The van der Waals surface area contributed by atoms with Crippen molar-refractivity contribution in [3.05, 3.63) is 48.3 Å². The van der Waals surface area contributed by atoms with Crippen LogP contribution in [0.3, 0.4) is 0 Å². The molecule has 0 fully saturated rings. The SMILES string of the molecule is c1cc(CNC[C@H]2CCCn3ccnc32)ccn1. The molecule has 1 aliphatic heterocycles. The number of fused-ring (bicyclic) bond motifs is 1. The zero-order valence-electron chi connectivity index (χ0n) is 10.4. The van der Waals surface area contributed by atoms with Crippen LogP contribution < -0.4 is 5.32 Å². The lowest BCUT2D eigenvalue weighted by Crippen LogP contribution is -2.26. The molecule has 0 radical (unpaired) electrons. The van der Waals surface area contributed by atoms with Crippen molar-refractivity contribution in [3.8, 4) is 0 Å². The van der Waals surface area contributed by atoms with Crippen LogP contribution >= 0.6 is 0 Å². The molecule has 1 atom stereocenters. The van der Waals surface area contributed by atoms with E-state index in [0.717, 1.165) is 19.6 Å². The highest BCUT2D eigenvalue weighted by Gasteiger charge is 2.20. The van der Waals surface area contributed by atoms with Gasteiger partial charge in [-0.25, -0.2) is 4.98 Å². The molecule has 94 valence electrons. The maximum absolute atomic E-state index is 4.48. The van der Waals surface area contributed by atoms with Crippen LogP contribution in [0.5, 0.6) is 0 Å². The molecule has 1 N–H and O–H groups in total. The summed E-state index contributed by atoms with van der Waals surface area (Å²) in [6.45, 7) is 3.02. The molecule has 0 unspecified atom stereocenters. The lowest BCUT2D eigenvalue weighted by molar-refractivity contribution is 0.423. The van der Waals surface area contributed by atoms with E-state index in [1.165, 1.54) is 24.2 Å². The standard InChI is InChI=1S/C14H18N4/c1-2-13(14-17-7-9-18(14)8-1)11-16-10-12-3-5-15-6-4-12/h3-7,9,13,16H,1-2,8,10-11H2/t13-/m1/s1. The van der Waals surface area contributed by atoms with Gasteiger partial charge in [-0.3, -0.25) is 4.98 Å². The van der Waals surface area contributed by atoms with Crippen LogP contribution in [0.4, 0.5) is 0 Å². The van der Waals surface area contributed by atoms with Gasteiger partial charge >= 0.3 is 0 Å². The molecule has 4 nitrogen and oxygen atoms in total. The van der Waals surface area contributed by atoms with Gasteiger partial charge in [0.05, 0.1) is 0 Å². The van der Waals surface area contributed by atoms with Crippen LogP contribution in [-0.4, -0.2) is 21.1 Å². The molecule has 0 aromatic carbocycles. The van der Waals surface area contributed by atoms with Gasteiger partial charge in [0.1, 0.15) is 5.82 Å². The zero-order chi connectivity index (χ0) is 12.2. The monoisotopic (exact) mass is 242 g/mol. The molecule has 4 heteroatoms. The average molecular weight is 242 g/mol. The van der Waals surface area contributed by atoms with Crippen molar-refractivity contribution in [2.24, 2.45) is 0 Å². The maximum Gasteiger partial charge on any atom is 0.113 e. The number of nitrogens with zero attached hydrogens (tertiary/aromatic N) is 3. The molecule has 2 aromatic heterocycles. The number of pyridine rings is 1. The van der Waals surface area contributed by atoms with Crippen LogP contribution in [0.25, 0.3) is 0 Å². The summed E-state index contributed by atoms with van der Waals surface area (Å²) in [7, 11) is 0. The predicted molar refractivity (Wildman–Crippen MR) is 70.1 cm³/mol. The average Bonchev–Trinajstić information content (AvgIpc) is 2.89. The Bertz CT molecular complexity index is 492. The van der Waals surface area contributed by atoms with Crippen molar-refractivity contribution in [1.82, 2.24) is 19.9 Å². The molecule has 0 spiro atoms. The van der Waals surface area contributed by atoms with E-state index in [0.29, 0.717) is 5.92 Å². The first-order valence-electron chi connectivity index (χ1n) is 6.54. The fourth-order valence-electron chi connectivity index (χ4n) is 2.59. The quantitative estimate of drug-likeness (QED) is 0.891. The number of aromatic nitrogens is 3. The molecule has 0 saturated heterocycles. The van der Waals surface area contributed by atoms with Crippen LogP contribution in [0.15, 0.2) is 36.9 Å². The summed E-state index contributed by atoms with van der Waals surface area (Å²) in [6, 6.07) is 4.10. The van der Waals surface area contributed by atoms with Crippen molar-refractivity contribution in [2.45, 2.75) is 31.8 Å².